The molecule has 0 unspecified atom stereocenters. The highest BCUT2D eigenvalue weighted by Crippen LogP contribution is 2.29. The molecule has 1 saturated heterocycles. The molecule has 2 heterocycles. The molecular weight excluding hydrogens is 292 g/mol. The van der Waals surface area contributed by atoms with Gasteiger partial charge < -0.3 is 10.3 Å². The molecule has 1 aromatic heterocycles. The molecule has 0 aliphatic carbocycles. The van der Waals surface area contributed by atoms with Crippen molar-refractivity contribution in [1.29, 1.82) is 0 Å². The lowest BCUT2D eigenvalue weighted by Gasteiger charge is -2.15. The van der Waals surface area contributed by atoms with Crippen LogP contribution in [0.3, 0.4) is 0 Å². The van der Waals surface area contributed by atoms with E-state index < -0.39 is 12.1 Å². The smallest absolute Gasteiger partial charge is 0.329 e. The summed E-state index contributed by atoms with van der Waals surface area (Å²) in [4.78, 5) is 33.1. The minimum atomic E-state index is -0.582. The van der Waals surface area contributed by atoms with Crippen LogP contribution in [0, 0.1) is 0 Å². The Balaban J connectivity index is 1.71. The Bertz CT molecular complexity index is 883. The van der Waals surface area contributed by atoms with Gasteiger partial charge in [-0.1, -0.05) is 36.4 Å². The number of carbonyl (C=O) groups is 2. The summed E-state index contributed by atoms with van der Waals surface area (Å²) in [5.41, 5.74) is 1.42. The number of anilines is 1. The van der Waals surface area contributed by atoms with E-state index in [9.17, 15) is 9.59 Å². The van der Waals surface area contributed by atoms with Crippen LogP contribution in [0.5, 0.6) is 0 Å². The van der Waals surface area contributed by atoms with Gasteiger partial charge in [-0.05, 0) is 11.5 Å². The number of nitrogens with zero attached hydrogens (tertiary/aromatic N) is 2. The Morgan fingerprint density at radius 3 is 2.74 bits per heavy atom. The predicted molar refractivity (Wildman–Crippen MR) is 86.0 cm³/mol. The fourth-order valence-electron chi connectivity index (χ4n) is 2.92. The van der Waals surface area contributed by atoms with Crippen LogP contribution in [-0.2, 0) is 11.2 Å². The fourth-order valence-corrected chi connectivity index (χ4v) is 2.92. The Kier molecular flexibility index (Phi) is 3.08. The molecule has 6 nitrogen and oxygen atoms in total. The molecule has 3 amide bonds. The molecule has 3 aromatic rings. The highest BCUT2D eigenvalue weighted by molar-refractivity contribution is 6.24. The first-order valence-electron chi connectivity index (χ1n) is 7.33. The fraction of sp³-hybridized carbons (Fsp3) is 0.118. The minimum absolute atomic E-state index is 0.249. The molecule has 1 aliphatic heterocycles. The van der Waals surface area contributed by atoms with E-state index in [4.69, 9.17) is 0 Å². The van der Waals surface area contributed by atoms with E-state index in [1.54, 1.807) is 18.6 Å². The number of aromatic nitrogens is 2. The normalized spacial score (nSPS) is 17.7. The lowest BCUT2D eigenvalue weighted by molar-refractivity contribution is -0.118. The van der Waals surface area contributed by atoms with Gasteiger partial charge in [0.05, 0.1) is 12.0 Å². The van der Waals surface area contributed by atoms with E-state index in [1.807, 2.05) is 36.4 Å². The van der Waals surface area contributed by atoms with Crippen molar-refractivity contribution in [1.82, 2.24) is 15.3 Å². The number of rotatable bonds is 3. The number of hydrogen-bond donors (Lipinski definition) is 2. The highest BCUT2D eigenvalue weighted by atomic mass is 16.2. The summed E-state index contributed by atoms with van der Waals surface area (Å²) in [6.45, 7) is 0. The topological polar surface area (TPSA) is 78.1 Å². The Labute approximate surface area is 132 Å². The predicted octanol–water partition coefficient (Wildman–Crippen LogP) is 2.23. The Hall–Kier alpha value is -3.15. The molecule has 6 heteroatoms. The van der Waals surface area contributed by atoms with Gasteiger partial charge in [0.1, 0.15) is 6.04 Å². The summed E-state index contributed by atoms with van der Waals surface area (Å²) in [5.74, 6) is -0.249. The van der Waals surface area contributed by atoms with Crippen LogP contribution >= 0.6 is 0 Å². The first-order chi connectivity index (χ1) is 11.2. The SMILES string of the molecule is O=C1N[C@H](Cc2cnc[nH]2)C(=O)N1c1cccc2ccccc12. The zero-order chi connectivity index (χ0) is 15.8. The van der Waals surface area contributed by atoms with Crippen LogP contribution in [0.1, 0.15) is 5.69 Å². The second kappa shape index (κ2) is 5.24. The highest BCUT2D eigenvalue weighted by Gasteiger charge is 2.39. The van der Waals surface area contributed by atoms with Crippen LogP contribution in [-0.4, -0.2) is 27.9 Å². The number of fused-ring (bicyclic) bond motifs is 1. The van der Waals surface area contributed by atoms with Crippen molar-refractivity contribution in [3.05, 3.63) is 60.7 Å². The van der Waals surface area contributed by atoms with Crippen molar-refractivity contribution in [2.45, 2.75) is 12.5 Å². The number of imidazole rings is 1. The second-order valence-electron chi connectivity index (χ2n) is 5.45. The zero-order valence-corrected chi connectivity index (χ0v) is 12.2. The standard InChI is InChI=1S/C17H14N4O2/c22-16-14(8-12-9-18-10-19-12)20-17(23)21(16)15-7-3-5-11-4-1-2-6-13(11)15/h1-7,9-10,14H,8H2,(H,18,19)(H,20,23)/t14-/m1/s1. The summed E-state index contributed by atoms with van der Waals surface area (Å²) in [6, 6.07) is 12.3. The lowest BCUT2D eigenvalue weighted by atomic mass is 10.1. The van der Waals surface area contributed by atoms with Gasteiger partial charge in [0.25, 0.3) is 5.91 Å². The van der Waals surface area contributed by atoms with Crippen molar-refractivity contribution in [2.24, 2.45) is 0 Å². The van der Waals surface area contributed by atoms with Gasteiger partial charge in [-0.15, -0.1) is 0 Å². The average molecular weight is 306 g/mol. The molecule has 4 rings (SSSR count). The summed E-state index contributed by atoms with van der Waals surface area (Å²) in [5, 5.41) is 4.61. The number of aromatic amines is 1. The van der Waals surface area contributed by atoms with E-state index in [-0.39, 0.29) is 5.91 Å². The molecule has 0 saturated carbocycles. The monoisotopic (exact) mass is 306 g/mol. The largest absolute Gasteiger partial charge is 0.348 e. The Morgan fingerprint density at radius 2 is 1.91 bits per heavy atom. The molecule has 0 bridgehead atoms. The average Bonchev–Trinajstić information content (AvgIpc) is 3.16. The third-order valence-electron chi connectivity index (χ3n) is 4.01. The number of carbonyl (C=O) groups excluding carboxylic acids is 2. The molecule has 1 aliphatic rings. The van der Waals surface area contributed by atoms with Crippen LogP contribution in [0.2, 0.25) is 0 Å². The number of urea groups is 1. The van der Waals surface area contributed by atoms with Gasteiger partial charge in [0.2, 0.25) is 0 Å². The maximum Gasteiger partial charge on any atom is 0.329 e. The molecule has 2 N–H and O–H groups in total. The third kappa shape index (κ3) is 2.24. The van der Waals surface area contributed by atoms with E-state index in [0.29, 0.717) is 12.1 Å². The van der Waals surface area contributed by atoms with Gasteiger partial charge >= 0.3 is 6.03 Å². The third-order valence-corrected chi connectivity index (χ3v) is 4.01. The first-order valence-corrected chi connectivity index (χ1v) is 7.33. The maximum absolute atomic E-state index is 12.7. The summed E-state index contributed by atoms with van der Waals surface area (Å²) >= 11 is 0. The number of nitrogens with one attached hydrogen (secondary N) is 2. The number of amides is 3. The first kappa shape index (κ1) is 13.5. The van der Waals surface area contributed by atoms with Crippen molar-refractivity contribution in [3.8, 4) is 0 Å². The number of H-pyrrole nitrogens is 1. The summed E-state index contributed by atoms with van der Waals surface area (Å²) in [6.07, 6.45) is 3.60. The van der Waals surface area contributed by atoms with E-state index in [0.717, 1.165) is 16.5 Å². The van der Waals surface area contributed by atoms with Gasteiger partial charge in [-0.25, -0.2) is 14.7 Å². The summed E-state index contributed by atoms with van der Waals surface area (Å²) in [7, 11) is 0. The van der Waals surface area contributed by atoms with Gasteiger partial charge in [-0.3, -0.25) is 4.79 Å². The number of hydrogen-bond acceptors (Lipinski definition) is 3. The van der Waals surface area contributed by atoms with Crippen LogP contribution < -0.4 is 10.2 Å². The van der Waals surface area contributed by atoms with Crippen LogP contribution in [0.15, 0.2) is 55.0 Å². The minimum Gasteiger partial charge on any atom is -0.348 e. The number of imide groups is 1. The molecular formula is C17H14N4O2. The number of benzene rings is 2. The van der Waals surface area contributed by atoms with Crippen LogP contribution in [0.25, 0.3) is 10.8 Å². The summed E-state index contributed by atoms with van der Waals surface area (Å²) < 4.78 is 0. The molecule has 2 aromatic carbocycles. The second-order valence-corrected chi connectivity index (χ2v) is 5.45. The van der Waals surface area contributed by atoms with Gasteiger partial charge in [0, 0.05) is 23.7 Å². The van der Waals surface area contributed by atoms with Crippen molar-refractivity contribution in [2.75, 3.05) is 4.90 Å². The van der Waals surface area contributed by atoms with Crippen molar-refractivity contribution >= 4 is 28.4 Å². The molecule has 0 radical (unpaired) electrons. The molecule has 1 fully saturated rings. The van der Waals surface area contributed by atoms with Crippen molar-refractivity contribution in [3.63, 3.8) is 0 Å². The van der Waals surface area contributed by atoms with Crippen molar-refractivity contribution < 1.29 is 9.59 Å². The van der Waals surface area contributed by atoms with Crippen LogP contribution in [0.4, 0.5) is 10.5 Å². The van der Waals surface area contributed by atoms with Gasteiger partial charge in [-0.2, -0.15) is 0 Å². The molecule has 0 spiro atoms. The lowest BCUT2D eigenvalue weighted by Crippen LogP contribution is -2.32. The zero-order valence-electron chi connectivity index (χ0n) is 12.2. The maximum atomic E-state index is 12.7. The molecule has 1 atom stereocenters. The van der Waals surface area contributed by atoms with E-state index >= 15 is 0 Å². The van der Waals surface area contributed by atoms with E-state index in [1.165, 1.54) is 4.90 Å². The molecule has 114 valence electrons. The van der Waals surface area contributed by atoms with Gasteiger partial charge in [0.15, 0.2) is 0 Å². The molecule has 23 heavy (non-hydrogen) atoms. The quantitative estimate of drug-likeness (QED) is 0.728. The van der Waals surface area contributed by atoms with E-state index in [2.05, 4.69) is 15.3 Å². The Morgan fingerprint density at radius 1 is 1.09 bits per heavy atom.